The molecular formula is C12H16N4. The summed E-state index contributed by atoms with van der Waals surface area (Å²) in [6.45, 7) is 4.98. The second-order valence-electron chi connectivity index (χ2n) is 4.43. The van der Waals surface area contributed by atoms with Crippen LogP contribution in [0.1, 0.15) is 12.5 Å². The molecule has 0 saturated carbocycles. The second kappa shape index (κ2) is 5.01. The zero-order chi connectivity index (χ0) is 11.4. The van der Waals surface area contributed by atoms with Crippen molar-refractivity contribution < 1.29 is 0 Å². The summed E-state index contributed by atoms with van der Waals surface area (Å²) in [5, 5.41) is 3.84. The first-order valence-corrected chi connectivity index (χ1v) is 5.60. The molecule has 0 bridgehead atoms. The summed E-state index contributed by atoms with van der Waals surface area (Å²) in [7, 11) is 0. The highest BCUT2D eigenvalue weighted by Crippen LogP contribution is 2.21. The van der Waals surface area contributed by atoms with Crippen molar-refractivity contribution in [1.29, 1.82) is 0 Å². The van der Waals surface area contributed by atoms with Gasteiger partial charge in [0.25, 0.3) is 0 Å². The van der Waals surface area contributed by atoms with Gasteiger partial charge < -0.3 is 0 Å². The quantitative estimate of drug-likeness (QED) is 0.435. The molecule has 0 aromatic heterocycles. The molecular weight excluding hydrogens is 200 g/mol. The third-order valence-electron chi connectivity index (χ3n) is 3.10. The summed E-state index contributed by atoms with van der Waals surface area (Å²) in [6, 6.07) is 10.5. The summed E-state index contributed by atoms with van der Waals surface area (Å²) in [4.78, 5) is 5.25. The van der Waals surface area contributed by atoms with Crippen molar-refractivity contribution in [3.8, 4) is 0 Å². The number of azide groups is 1. The van der Waals surface area contributed by atoms with Crippen LogP contribution in [0.4, 0.5) is 0 Å². The highest BCUT2D eigenvalue weighted by atomic mass is 15.2. The molecule has 0 aliphatic carbocycles. The Morgan fingerprint density at radius 1 is 1.38 bits per heavy atom. The van der Waals surface area contributed by atoms with Gasteiger partial charge in [0, 0.05) is 24.5 Å². The fraction of sp³-hybridized carbons (Fsp3) is 0.500. The van der Waals surface area contributed by atoms with Crippen LogP contribution in [0.3, 0.4) is 0 Å². The lowest BCUT2D eigenvalue weighted by Gasteiger charge is -2.14. The van der Waals surface area contributed by atoms with E-state index in [1.54, 1.807) is 0 Å². The fourth-order valence-electron chi connectivity index (χ4n) is 2.24. The van der Waals surface area contributed by atoms with Crippen LogP contribution in [0, 0.1) is 5.92 Å². The molecule has 2 atom stereocenters. The molecule has 1 heterocycles. The van der Waals surface area contributed by atoms with E-state index in [2.05, 4.69) is 46.1 Å². The van der Waals surface area contributed by atoms with Crippen LogP contribution in [0.2, 0.25) is 0 Å². The lowest BCUT2D eigenvalue weighted by molar-refractivity contribution is 0.319. The largest absolute Gasteiger partial charge is 0.298 e. The predicted octanol–water partition coefficient (Wildman–Crippen LogP) is 2.82. The zero-order valence-corrected chi connectivity index (χ0v) is 9.45. The standard InChI is InChI=1S/C12H16N4/c1-10-7-16(9-12(10)14-15-13)8-11-5-3-2-4-6-11/h2-6,10,12H,7-9H2,1H3/t10-,12+/m0/s1. The van der Waals surface area contributed by atoms with Gasteiger partial charge >= 0.3 is 0 Å². The molecule has 0 N–H and O–H groups in total. The van der Waals surface area contributed by atoms with E-state index in [1.165, 1.54) is 5.56 Å². The molecule has 0 unspecified atom stereocenters. The van der Waals surface area contributed by atoms with Crippen LogP contribution in [-0.4, -0.2) is 24.0 Å². The topological polar surface area (TPSA) is 52.0 Å². The molecule has 0 amide bonds. The van der Waals surface area contributed by atoms with E-state index >= 15 is 0 Å². The van der Waals surface area contributed by atoms with Crippen LogP contribution < -0.4 is 0 Å². The lowest BCUT2D eigenvalue weighted by atomic mass is 10.1. The zero-order valence-electron chi connectivity index (χ0n) is 9.45. The highest BCUT2D eigenvalue weighted by molar-refractivity contribution is 5.14. The maximum absolute atomic E-state index is 8.46. The van der Waals surface area contributed by atoms with E-state index in [0.29, 0.717) is 5.92 Å². The van der Waals surface area contributed by atoms with E-state index in [0.717, 1.165) is 19.6 Å². The maximum atomic E-state index is 8.46. The molecule has 1 aromatic carbocycles. The van der Waals surface area contributed by atoms with Gasteiger partial charge in [-0.3, -0.25) is 4.90 Å². The smallest absolute Gasteiger partial charge is 0.0539 e. The fourth-order valence-corrected chi connectivity index (χ4v) is 2.24. The SMILES string of the molecule is C[C@H]1CN(Cc2ccccc2)C[C@H]1N=[N+]=[N-]. The average Bonchev–Trinajstić information content (AvgIpc) is 2.61. The van der Waals surface area contributed by atoms with Gasteiger partial charge in [-0.1, -0.05) is 42.4 Å². The monoisotopic (exact) mass is 216 g/mol. The van der Waals surface area contributed by atoms with E-state index in [4.69, 9.17) is 5.53 Å². The second-order valence-corrected chi connectivity index (χ2v) is 4.43. The summed E-state index contributed by atoms with van der Waals surface area (Å²) < 4.78 is 0. The third kappa shape index (κ3) is 2.54. The number of benzene rings is 1. The van der Waals surface area contributed by atoms with Crippen molar-refractivity contribution in [1.82, 2.24) is 4.90 Å². The molecule has 1 saturated heterocycles. The summed E-state index contributed by atoms with van der Waals surface area (Å²) >= 11 is 0. The van der Waals surface area contributed by atoms with Gasteiger partial charge in [0.15, 0.2) is 0 Å². The van der Waals surface area contributed by atoms with Gasteiger partial charge in [-0.25, -0.2) is 0 Å². The molecule has 4 heteroatoms. The van der Waals surface area contributed by atoms with Crippen LogP contribution >= 0.6 is 0 Å². The summed E-state index contributed by atoms with van der Waals surface area (Å²) in [6.07, 6.45) is 0. The van der Waals surface area contributed by atoms with Crippen molar-refractivity contribution in [2.45, 2.75) is 19.5 Å². The maximum Gasteiger partial charge on any atom is 0.0539 e. The minimum Gasteiger partial charge on any atom is -0.298 e. The molecule has 1 aliphatic heterocycles. The van der Waals surface area contributed by atoms with Gasteiger partial charge in [-0.15, -0.1) is 0 Å². The van der Waals surface area contributed by atoms with E-state index in [9.17, 15) is 0 Å². The molecule has 16 heavy (non-hydrogen) atoms. The molecule has 2 rings (SSSR count). The first-order chi connectivity index (χ1) is 7.79. The Morgan fingerprint density at radius 2 is 2.12 bits per heavy atom. The van der Waals surface area contributed by atoms with Crippen molar-refractivity contribution in [3.05, 3.63) is 46.3 Å². The lowest BCUT2D eigenvalue weighted by Crippen LogP contribution is -2.20. The van der Waals surface area contributed by atoms with Gasteiger partial charge in [0.1, 0.15) is 0 Å². The van der Waals surface area contributed by atoms with Crippen LogP contribution in [0.25, 0.3) is 10.4 Å². The molecule has 84 valence electrons. The van der Waals surface area contributed by atoms with Gasteiger partial charge in [0.05, 0.1) is 6.04 Å². The first kappa shape index (κ1) is 11.0. The number of nitrogens with zero attached hydrogens (tertiary/aromatic N) is 4. The van der Waals surface area contributed by atoms with E-state index in [-0.39, 0.29) is 6.04 Å². The first-order valence-electron chi connectivity index (χ1n) is 5.60. The van der Waals surface area contributed by atoms with Crippen molar-refractivity contribution in [2.75, 3.05) is 13.1 Å². The number of hydrogen-bond donors (Lipinski definition) is 0. The normalized spacial score (nSPS) is 25.3. The molecule has 1 aliphatic rings. The summed E-state index contributed by atoms with van der Waals surface area (Å²) in [5.41, 5.74) is 9.78. The molecule has 1 aromatic rings. The predicted molar refractivity (Wildman–Crippen MR) is 63.8 cm³/mol. The van der Waals surface area contributed by atoms with Crippen molar-refractivity contribution in [2.24, 2.45) is 11.0 Å². The number of hydrogen-bond acceptors (Lipinski definition) is 2. The number of rotatable bonds is 3. The van der Waals surface area contributed by atoms with E-state index < -0.39 is 0 Å². The Morgan fingerprint density at radius 3 is 2.81 bits per heavy atom. The Bertz CT molecular complexity index is 383. The average molecular weight is 216 g/mol. The van der Waals surface area contributed by atoms with Crippen LogP contribution in [-0.2, 0) is 6.54 Å². The Kier molecular flexibility index (Phi) is 3.44. The van der Waals surface area contributed by atoms with Gasteiger partial charge in [-0.05, 0) is 17.0 Å². The van der Waals surface area contributed by atoms with Crippen LogP contribution in [0.5, 0.6) is 0 Å². The third-order valence-corrected chi connectivity index (χ3v) is 3.10. The highest BCUT2D eigenvalue weighted by Gasteiger charge is 2.28. The minimum atomic E-state index is 0.133. The molecule has 0 spiro atoms. The summed E-state index contributed by atoms with van der Waals surface area (Å²) in [5.74, 6) is 0.458. The van der Waals surface area contributed by atoms with Crippen LogP contribution in [0.15, 0.2) is 35.4 Å². The van der Waals surface area contributed by atoms with E-state index in [1.807, 2.05) is 6.07 Å². The van der Waals surface area contributed by atoms with Gasteiger partial charge in [0.2, 0.25) is 0 Å². The Hall–Kier alpha value is -1.51. The minimum absolute atomic E-state index is 0.133. The molecule has 1 fully saturated rings. The van der Waals surface area contributed by atoms with Crippen molar-refractivity contribution in [3.63, 3.8) is 0 Å². The molecule has 4 nitrogen and oxygen atoms in total. The Labute approximate surface area is 95.5 Å². The Balaban J connectivity index is 1.96. The van der Waals surface area contributed by atoms with Gasteiger partial charge in [-0.2, -0.15) is 0 Å². The number of likely N-dealkylation sites (tertiary alicyclic amines) is 1. The van der Waals surface area contributed by atoms with Crippen molar-refractivity contribution >= 4 is 0 Å². The molecule has 0 radical (unpaired) electrons.